The van der Waals surface area contributed by atoms with Crippen molar-refractivity contribution in [3.05, 3.63) is 48.3 Å². The highest BCUT2D eigenvalue weighted by Gasteiger charge is 2.33. The normalized spacial score (nSPS) is 19.5. The van der Waals surface area contributed by atoms with Gasteiger partial charge in [-0.25, -0.2) is 21.2 Å². The number of ether oxygens (including phenoxy) is 1. The Morgan fingerprint density at radius 1 is 1.00 bits per heavy atom. The first kappa shape index (κ1) is 23.8. The number of rotatable bonds is 6. The minimum atomic E-state index is -3.96. The third-order valence-electron chi connectivity index (χ3n) is 5.91. The van der Waals surface area contributed by atoms with Crippen LogP contribution >= 0.6 is 0 Å². The summed E-state index contributed by atoms with van der Waals surface area (Å²) in [5, 5.41) is 0. The summed E-state index contributed by atoms with van der Waals surface area (Å²) in [5.41, 5.74) is 0.767. The lowest BCUT2D eigenvalue weighted by atomic mass is 10.2. The van der Waals surface area contributed by atoms with Gasteiger partial charge in [-0.15, -0.1) is 0 Å². The first-order valence-electron chi connectivity index (χ1n) is 11.0. The van der Waals surface area contributed by atoms with Crippen molar-refractivity contribution in [1.29, 1.82) is 0 Å². The molecular formula is C22H28FN3O5S2. The highest BCUT2D eigenvalue weighted by molar-refractivity contribution is 7.92. The number of anilines is 2. The lowest BCUT2D eigenvalue weighted by molar-refractivity contribution is 0.327. The number of piperazine rings is 1. The highest BCUT2D eigenvalue weighted by Crippen LogP contribution is 2.34. The Hall–Kier alpha value is -2.37. The summed E-state index contributed by atoms with van der Waals surface area (Å²) in [5.74, 6) is -0.115. The quantitative estimate of drug-likeness (QED) is 0.610. The number of nitrogens with zero attached hydrogens (tertiary/aromatic N) is 3. The molecule has 0 bridgehead atoms. The van der Waals surface area contributed by atoms with Gasteiger partial charge >= 0.3 is 0 Å². The molecule has 2 aromatic rings. The molecule has 2 aromatic carbocycles. The van der Waals surface area contributed by atoms with Gasteiger partial charge in [-0.1, -0.05) is 12.1 Å². The van der Waals surface area contributed by atoms with Crippen molar-refractivity contribution < 1.29 is 26.0 Å². The molecule has 2 saturated heterocycles. The Labute approximate surface area is 194 Å². The number of para-hydroxylation sites is 1. The van der Waals surface area contributed by atoms with Crippen molar-refractivity contribution >= 4 is 31.4 Å². The Kier molecular flexibility index (Phi) is 6.83. The number of sulfonamides is 2. The Morgan fingerprint density at radius 2 is 1.73 bits per heavy atom. The van der Waals surface area contributed by atoms with E-state index < -0.39 is 20.0 Å². The predicted molar refractivity (Wildman–Crippen MR) is 125 cm³/mol. The Bertz CT molecular complexity index is 1210. The van der Waals surface area contributed by atoms with Gasteiger partial charge in [0.2, 0.25) is 20.0 Å². The van der Waals surface area contributed by atoms with E-state index in [9.17, 15) is 21.2 Å². The number of benzene rings is 2. The molecule has 0 N–H and O–H groups in total. The molecule has 180 valence electrons. The third-order valence-corrected chi connectivity index (χ3v) is 9.70. The SMILES string of the molecule is CCOc1ccc(N2CCCCS2(=O)=O)cc1S(=O)(=O)N1CCN(c2ccccc2F)CC1. The standard InChI is InChI=1S/C22H28FN3O5S2/c1-2-31-21-10-9-18(26-11-5-6-16-32(26,27)28)17-22(21)33(29,30)25-14-12-24(13-15-25)20-8-4-3-7-19(20)23/h3-4,7-10,17H,2,5-6,11-16H2,1H3. The number of hydrogen-bond donors (Lipinski definition) is 0. The Morgan fingerprint density at radius 3 is 2.39 bits per heavy atom. The van der Waals surface area contributed by atoms with Crippen LogP contribution in [-0.2, 0) is 20.0 Å². The van der Waals surface area contributed by atoms with Crippen molar-refractivity contribution in [2.45, 2.75) is 24.7 Å². The van der Waals surface area contributed by atoms with Crippen molar-refractivity contribution in [1.82, 2.24) is 4.31 Å². The number of halogens is 1. The van der Waals surface area contributed by atoms with Crippen LogP contribution < -0.4 is 13.9 Å². The summed E-state index contributed by atoms with van der Waals surface area (Å²) in [6.45, 7) is 3.37. The molecule has 0 spiro atoms. The van der Waals surface area contributed by atoms with E-state index >= 15 is 0 Å². The molecule has 0 amide bonds. The van der Waals surface area contributed by atoms with E-state index in [0.29, 0.717) is 43.9 Å². The first-order chi connectivity index (χ1) is 15.7. The van der Waals surface area contributed by atoms with Gasteiger partial charge in [-0.3, -0.25) is 4.31 Å². The van der Waals surface area contributed by atoms with Crippen LogP contribution in [0.4, 0.5) is 15.8 Å². The summed E-state index contributed by atoms with van der Waals surface area (Å²) >= 11 is 0. The van der Waals surface area contributed by atoms with E-state index in [1.165, 1.54) is 26.8 Å². The average molecular weight is 498 g/mol. The zero-order valence-corrected chi connectivity index (χ0v) is 20.1. The lowest BCUT2D eigenvalue weighted by Gasteiger charge is -2.36. The minimum absolute atomic E-state index is 0.0420. The summed E-state index contributed by atoms with van der Waals surface area (Å²) in [4.78, 5) is 1.77. The van der Waals surface area contributed by atoms with Crippen molar-refractivity contribution in [2.24, 2.45) is 0 Å². The molecule has 2 aliphatic rings. The maximum absolute atomic E-state index is 14.1. The van der Waals surface area contributed by atoms with E-state index in [-0.39, 0.29) is 41.9 Å². The molecule has 0 saturated carbocycles. The predicted octanol–water partition coefficient (Wildman–Crippen LogP) is 2.67. The summed E-state index contributed by atoms with van der Waals surface area (Å²) in [7, 11) is -7.45. The zero-order chi connectivity index (χ0) is 23.6. The maximum Gasteiger partial charge on any atom is 0.246 e. The summed E-state index contributed by atoms with van der Waals surface area (Å²) in [6, 6.07) is 10.9. The van der Waals surface area contributed by atoms with Gasteiger partial charge in [-0.05, 0) is 50.1 Å². The Balaban J connectivity index is 1.62. The van der Waals surface area contributed by atoms with Crippen molar-refractivity contribution in [2.75, 3.05) is 54.3 Å². The zero-order valence-electron chi connectivity index (χ0n) is 18.5. The first-order valence-corrected chi connectivity index (χ1v) is 14.1. The highest BCUT2D eigenvalue weighted by atomic mass is 32.2. The van der Waals surface area contributed by atoms with Gasteiger partial charge < -0.3 is 9.64 Å². The van der Waals surface area contributed by atoms with Gasteiger partial charge in [0.05, 0.1) is 23.7 Å². The van der Waals surface area contributed by atoms with Crippen LogP contribution in [0.25, 0.3) is 0 Å². The molecule has 33 heavy (non-hydrogen) atoms. The van der Waals surface area contributed by atoms with Gasteiger partial charge in [0.25, 0.3) is 0 Å². The molecule has 0 aromatic heterocycles. The molecule has 0 unspecified atom stereocenters. The molecule has 2 fully saturated rings. The van der Waals surface area contributed by atoms with Crippen LogP contribution in [0.1, 0.15) is 19.8 Å². The molecule has 2 heterocycles. The lowest BCUT2D eigenvalue weighted by Crippen LogP contribution is -2.49. The second-order valence-electron chi connectivity index (χ2n) is 8.00. The van der Waals surface area contributed by atoms with Crippen LogP contribution in [0.15, 0.2) is 47.4 Å². The molecule has 8 nitrogen and oxygen atoms in total. The van der Waals surface area contributed by atoms with Crippen LogP contribution in [0.3, 0.4) is 0 Å². The fourth-order valence-electron chi connectivity index (χ4n) is 4.22. The molecule has 0 atom stereocenters. The molecule has 4 rings (SSSR count). The van der Waals surface area contributed by atoms with Gasteiger partial charge in [-0.2, -0.15) is 4.31 Å². The minimum Gasteiger partial charge on any atom is -0.492 e. The fourth-order valence-corrected chi connectivity index (χ4v) is 7.43. The van der Waals surface area contributed by atoms with Gasteiger partial charge in [0, 0.05) is 32.7 Å². The summed E-state index contributed by atoms with van der Waals surface area (Å²) in [6.07, 6.45) is 1.31. The van der Waals surface area contributed by atoms with E-state index in [2.05, 4.69) is 0 Å². The van der Waals surface area contributed by atoms with E-state index in [0.717, 1.165) is 0 Å². The van der Waals surface area contributed by atoms with Crippen LogP contribution in [0, 0.1) is 5.82 Å². The smallest absolute Gasteiger partial charge is 0.246 e. The average Bonchev–Trinajstić information content (AvgIpc) is 2.80. The fraction of sp³-hybridized carbons (Fsp3) is 0.455. The van der Waals surface area contributed by atoms with Crippen LogP contribution in [0.5, 0.6) is 5.75 Å². The maximum atomic E-state index is 14.1. The third kappa shape index (κ3) is 4.80. The van der Waals surface area contributed by atoms with E-state index in [4.69, 9.17) is 4.74 Å². The second-order valence-corrected chi connectivity index (χ2v) is 11.9. The second kappa shape index (κ2) is 9.47. The van der Waals surface area contributed by atoms with Crippen LogP contribution in [0.2, 0.25) is 0 Å². The van der Waals surface area contributed by atoms with Crippen LogP contribution in [-0.4, -0.2) is 66.2 Å². The van der Waals surface area contributed by atoms with E-state index in [1.54, 1.807) is 31.2 Å². The van der Waals surface area contributed by atoms with Crippen molar-refractivity contribution in [3.63, 3.8) is 0 Å². The number of hydrogen-bond acceptors (Lipinski definition) is 6. The molecular weight excluding hydrogens is 469 g/mol. The monoisotopic (exact) mass is 497 g/mol. The molecule has 0 radical (unpaired) electrons. The van der Waals surface area contributed by atoms with Gasteiger partial charge in [0.1, 0.15) is 16.5 Å². The molecule has 2 aliphatic heterocycles. The topological polar surface area (TPSA) is 87.2 Å². The van der Waals surface area contributed by atoms with Gasteiger partial charge in [0.15, 0.2) is 0 Å². The van der Waals surface area contributed by atoms with Crippen molar-refractivity contribution in [3.8, 4) is 5.75 Å². The summed E-state index contributed by atoms with van der Waals surface area (Å²) < 4.78 is 74.6. The largest absolute Gasteiger partial charge is 0.492 e. The molecule has 0 aliphatic carbocycles. The molecule has 11 heteroatoms. The van der Waals surface area contributed by atoms with E-state index in [1.807, 2.05) is 4.90 Å².